The van der Waals surface area contributed by atoms with E-state index in [1.54, 1.807) is 12.1 Å². The summed E-state index contributed by atoms with van der Waals surface area (Å²) in [5.74, 6) is 1.87. The predicted octanol–water partition coefficient (Wildman–Crippen LogP) is 2.05. The lowest BCUT2D eigenvalue weighted by Crippen LogP contribution is -2.47. The molecule has 0 bridgehead atoms. The molecule has 2 atom stereocenters. The molecule has 2 fully saturated rings. The summed E-state index contributed by atoms with van der Waals surface area (Å²) in [5.41, 5.74) is 3.57. The van der Waals surface area contributed by atoms with Gasteiger partial charge in [0.1, 0.15) is 6.61 Å². The van der Waals surface area contributed by atoms with E-state index >= 15 is 0 Å². The predicted molar refractivity (Wildman–Crippen MR) is 121 cm³/mol. The number of hydrogen-bond acceptors (Lipinski definition) is 7. The highest BCUT2D eigenvalue weighted by Gasteiger charge is 2.39. The SMILES string of the molecule is C#CC1Cc2cc(C(O)CN3CCC4(CC3)CCN(C3=CC(=O)OC3)CC4)ccc2C(=O)O1. The van der Waals surface area contributed by atoms with Crippen LogP contribution in [0, 0.1) is 17.8 Å². The maximum absolute atomic E-state index is 12.1. The van der Waals surface area contributed by atoms with Crippen molar-refractivity contribution < 1.29 is 24.2 Å². The number of fused-ring (bicyclic) bond motifs is 1. The summed E-state index contributed by atoms with van der Waals surface area (Å²) in [7, 11) is 0. The highest BCUT2D eigenvalue weighted by atomic mass is 16.5. The Kier molecular flexibility index (Phi) is 5.90. The van der Waals surface area contributed by atoms with Crippen molar-refractivity contribution >= 4 is 11.9 Å². The molecule has 0 radical (unpaired) electrons. The van der Waals surface area contributed by atoms with Crippen molar-refractivity contribution in [2.24, 2.45) is 5.41 Å². The van der Waals surface area contributed by atoms with Gasteiger partial charge < -0.3 is 24.4 Å². The molecule has 7 nitrogen and oxygen atoms in total. The number of ether oxygens (including phenoxy) is 2. The molecule has 33 heavy (non-hydrogen) atoms. The Balaban J connectivity index is 1.14. The second-order valence-corrected chi connectivity index (χ2v) is 9.73. The van der Waals surface area contributed by atoms with Gasteiger partial charge in [-0.2, -0.15) is 0 Å². The summed E-state index contributed by atoms with van der Waals surface area (Å²) in [5, 5.41) is 10.9. The smallest absolute Gasteiger partial charge is 0.339 e. The number of benzene rings is 1. The van der Waals surface area contributed by atoms with Gasteiger partial charge in [0.15, 0.2) is 6.10 Å². The van der Waals surface area contributed by atoms with Gasteiger partial charge in [-0.1, -0.05) is 18.1 Å². The normalized spacial score (nSPS) is 25.6. The zero-order valence-electron chi connectivity index (χ0n) is 18.8. The summed E-state index contributed by atoms with van der Waals surface area (Å²) < 4.78 is 10.3. The van der Waals surface area contributed by atoms with E-state index in [0.717, 1.165) is 68.7 Å². The topological polar surface area (TPSA) is 79.3 Å². The van der Waals surface area contributed by atoms with E-state index in [1.807, 2.05) is 12.1 Å². The van der Waals surface area contributed by atoms with Crippen LogP contribution in [0.25, 0.3) is 0 Å². The monoisotopic (exact) mass is 450 g/mol. The number of aliphatic hydroxyl groups is 1. The molecule has 2 unspecified atom stereocenters. The van der Waals surface area contributed by atoms with Gasteiger partial charge in [-0.3, -0.25) is 0 Å². The molecule has 1 aromatic carbocycles. The molecule has 5 rings (SSSR count). The highest BCUT2D eigenvalue weighted by molar-refractivity contribution is 5.92. The van der Waals surface area contributed by atoms with Gasteiger partial charge in [-0.15, -0.1) is 6.42 Å². The van der Waals surface area contributed by atoms with Crippen LogP contribution in [0.3, 0.4) is 0 Å². The first-order valence-corrected chi connectivity index (χ1v) is 11.8. The summed E-state index contributed by atoms with van der Waals surface area (Å²) >= 11 is 0. The Bertz CT molecular complexity index is 1010. The number of terminal acetylenes is 1. The highest BCUT2D eigenvalue weighted by Crippen LogP contribution is 2.42. The average molecular weight is 451 g/mol. The number of carbonyl (C=O) groups is 2. The van der Waals surface area contributed by atoms with E-state index in [0.29, 0.717) is 30.6 Å². The second kappa shape index (κ2) is 8.85. The number of piperidine rings is 2. The number of rotatable bonds is 4. The quantitative estimate of drug-likeness (QED) is 0.556. The van der Waals surface area contributed by atoms with E-state index in [9.17, 15) is 14.7 Å². The number of carbonyl (C=O) groups excluding carboxylic acids is 2. The third-order valence-electron chi connectivity index (χ3n) is 7.80. The number of hydrogen-bond donors (Lipinski definition) is 1. The van der Waals surface area contributed by atoms with Gasteiger partial charge in [0.05, 0.1) is 17.4 Å². The number of likely N-dealkylation sites (tertiary alicyclic amines) is 2. The van der Waals surface area contributed by atoms with Crippen molar-refractivity contribution in [3.05, 3.63) is 46.7 Å². The maximum atomic E-state index is 12.1. The largest absolute Gasteiger partial charge is 0.456 e. The lowest BCUT2D eigenvalue weighted by Gasteiger charge is -2.47. The zero-order chi connectivity index (χ0) is 23.0. The number of nitrogens with zero attached hydrogens (tertiary/aromatic N) is 2. The van der Waals surface area contributed by atoms with Crippen molar-refractivity contribution in [2.45, 2.75) is 44.3 Å². The summed E-state index contributed by atoms with van der Waals surface area (Å²) in [6.07, 6.45) is 10.9. The molecule has 0 aromatic heterocycles. The van der Waals surface area contributed by atoms with Gasteiger partial charge in [0.2, 0.25) is 0 Å². The van der Waals surface area contributed by atoms with Gasteiger partial charge >= 0.3 is 11.9 Å². The fourth-order valence-corrected chi connectivity index (χ4v) is 5.59. The molecule has 174 valence electrons. The van der Waals surface area contributed by atoms with E-state index < -0.39 is 18.2 Å². The minimum atomic E-state index is -0.611. The van der Waals surface area contributed by atoms with Crippen molar-refractivity contribution in [2.75, 3.05) is 39.3 Å². The first-order chi connectivity index (χ1) is 15.9. The van der Waals surface area contributed by atoms with Crippen LogP contribution in [0.1, 0.15) is 53.3 Å². The van der Waals surface area contributed by atoms with Crippen LogP contribution in [0.2, 0.25) is 0 Å². The molecule has 2 saturated heterocycles. The van der Waals surface area contributed by atoms with Crippen LogP contribution in [-0.2, 0) is 20.7 Å². The first kappa shape index (κ1) is 22.0. The Hall–Kier alpha value is -2.82. The molecule has 0 aliphatic carbocycles. The summed E-state index contributed by atoms with van der Waals surface area (Å²) in [6, 6.07) is 5.45. The molecular weight excluding hydrogens is 420 g/mol. The van der Waals surface area contributed by atoms with Gasteiger partial charge in [-0.05, 0) is 61.4 Å². The first-order valence-electron chi connectivity index (χ1n) is 11.8. The van der Waals surface area contributed by atoms with E-state index in [-0.39, 0.29) is 5.97 Å². The minimum absolute atomic E-state index is 0.230. The number of aliphatic hydroxyl groups excluding tert-OH is 1. The van der Waals surface area contributed by atoms with Crippen LogP contribution in [-0.4, -0.2) is 72.3 Å². The molecule has 1 aromatic rings. The molecular formula is C26H30N2O5. The Morgan fingerprint density at radius 3 is 2.55 bits per heavy atom. The van der Waals surface area contributed by atoms with Crippen LogP contribution >= 0.6 is 0 Å². The Morgan fingerprint density at radius 1 is 1.15 bits per heavy atom. The van der Waals surface area contributed by atoms with E-state index in [1.165, 1.54) is 0 Å². The number of β-amino-alcohol motifs (C(OH)–C–C–N with tert-alkyl or cyclic N) is 1. The second-order valence-electron chi connectivity index (χ2n) is 9.73. The zero-order valence-corrected chi connectivity index (χ0v) is 18.8. The van der Waals surface area contributed by atoms with Crippen LogP contribution in [0.5, 0.6) is 0 Å². The molecule has 0 saturated carbocycles. The summed E-state index contributed by atoms with van der Waals surface area (Å²) in [4.78, 5) is 28.1. The fraction of sp³-hybridized carbons (Fsp3) is 0.538. The Morgan fingerprint density at radius 2 is 1.88 bits per heavy atom. The Labute approximate surface area is 194 Å². The van der Waals surface area contributed by atoms with E-state index in [4.69, 9.17) is 15.9 Å². The lowest BCUT2D eigenvalue weighted by atomic mass is 9.71. The molecule has 4 heterocycles. The molecule has 0 amide bonds. The minimum Gasteiger partial charge on any atom is -0.456 e. The molecule has 7 heteroatoms. The van der Waals surface area contributed by atoms with Crippen molar-refractivity contribution in [1.29, 1.82) is 0 Å². The standard InChI is InChI=1S/C26H30N2O5/c1-2-21-14-19-13-18(3-4-22(19)25(31)33-21)23(29)16-27-9-5-26(6-10-27)7-11-28(12-8-26)20-15-24(30)32-17-20/h1,3-4,13,15,21,23,29H,5-12,14,16-17H2. The van der Waals surface area contributed by atoms with Crippen molar-refractivity contribution in [1.82, 2.24) is 9.80 Å². The average Bonchev–Trinajstić information content (AvgIpc) is 3.27. The summed E-state index contributed by atoms with van der Waals surface area (Å²) in [6.45, 7) is 4.87. The molecule has 4 aliphatic rings. The number of cyclic esters (lactones) is 2. The fourth-order valence-electron chi connectivity index (χ4n) is 5.59. The molecule has 1 spiro atoms. The lowest BCUT2D eigenvalue weighted by molar-refractivity contribution is -0.135. The molecule has 1 N–H and O–H groups in total. The van der Waals surface area contributed by atoms with E-state index in [2.05, 4.69) is 15.7 Å². The van der Waals surface area contributed by atoms with Crippen molar-refractivity contribution in [3.8, 4) is 12.3 Å². The van der Waals surface area contributed by atoms with Crippen LogP contribution in [0.4, 0.5) is 0 Å². The van der Waals surface area contributed by atoms with Crippen LogP contribution < -0.4 is 0 Å². The third kappa shape index (κ3) is 4.50. The van der Waals surface area contributed by atoms with Gasteiger partial charge in [-0.25, -0.2) is 9.59 Å². The van der Waals surface area contributed by atoms with Gasteiger partial charge in [0.25, 0.3) is 0 Å². The van der Waals surface area contributed by atoms with Crippen LogP contribution in [0.15, 0.2) is 30.0 Å². The van der Waals surface area contributed by atoms with Crippen molar-refractivity contribution in [3.63, 3.8) is 0 Å². The third-order valence-corrected chi connectivity index (χ3v) is 7.80. The maximum Gasteiger partial charge on any atom is 0.339 e. The molecule has 4 aliphatic heterocycles. The van der Waals surface area contributed by atoms with Gasteiger partial charge in [0, 0.05) is 32.1 Å². The number of esters is 2.